The van der Waals surface area contributed by atoms with Crippen LogP contribution in [0.25, 0.3) is 22.2 Å². The van der Waals surface area contributed by atoms with Gasteiger partial charge in [-0.2, -0.15) is 26.3 Å². The summed E-state index contributed by atoms with van der Waals surface area (Å²) in [6.45, 7) is 13.7. The van der Waals surface area contributed by atoms with Gasteiger partial charge in [0.2, 0.25) is 0 Å². The summed E-state index contributed by atoms with van der Waals surface area (Å²) >= 11 is 0. The lowest BCUT2D eigenvalue weighted by molar-refractivity contribution is -0.143. The second-order valence-electron chi connectivity index (χ2n) is 19.7. The van der Waals surface area contributed by atoms with Crippen LogP contribution in [0.4, 0.5) is 26.3 Å². The van der Waals surface area contributed by atoms with Crippen molar-refractivity contribution in [1.82, 2.24) is 24.8 Å². The van der Waals surface area contributed by atoms with E-state index in [0.717, 1.165) is 47.5 Å². The van der Waals surface area contributed by atoms with E-state index in [1.807, 2.05) is 32.9 Å². The van der Waals surface area contributed by atoms with Crippen LogP contribution < -0.4 is 0 Å². The van der Waals surface area contributed by atoms with Gasteiger partial charge in [0.1, 0.15) is 0 Å². The molecule has 8 bridgehead atoms. The number of unbranched alkanes of at least 4 members (excludes halogenated alkanes) is 9. The monoisotopic (exact) mass is 992 g/mol. The molecule has 0 spiro atoms. The van der Waals surface area contributed by atoms with Crippen LogP contribution >= 0.6 is 0 Å². The van der Waals surface area contributed by atoms with Crippen molar-refractivity contribution >= 4 is 40.0 Å². The molecule has 10 nitrogen and oxygen atoms in total. The highest BCUT2D eigenvalue weighted by molar-refractivity contribution is 6.23. The third-order valence-corrected chi connectivity index (χ3v) is 14.9. The van der Waals surface area contributed by atoms with Gasteiger partial charge >= 0.3 is 18.3 Å². The average molecular weight is 992 g/mol. The van der Waals surface area contributed by atoms with Gasteiger partial charge in [0, 0.05) is 64.9 Å². The van der Waals surface area contributed by atoms with Crippen molar-refractivity contribution in [3.05, 3.63) is 104 Å². The number of aromatic nitrogens is 4. The standard InChI is InChI=1S/C55H67F6N5O5/c1-9-11-12-13-14-15-16-17-18-19-22-71-34(7)47-32(5)42-26-41-31(4)39(20-21-46(67)70-8)50(64-41)49-51-48(33(6)43(65-51)27-44-38(10-2)30(3)40(62-44)28-45(47)63-42)52(68)66(53(49)69)29-35-23-36(54(56,57)58)25-37(24-35)55(59,60)61/h23-28,30-31,34,38-39,62,65H,9-22,29H2,1-8H3/t30-,31-,34?,38-,39-/m0/s1. The maximum atomic E-state index is 15.1. The van der Waals surface area contributed by atoms with Gasteiger partial charge in [-0.05, 0) is 93.1 Å². The zero-order valence-corrected chi connectivity index (χ0v) is 42.1. The number of alkyl halides is 6. The molecule has 1 unspecified atom stereocenters. The van der Waals surface area contributed by atoms with Gasteiger partial charge in [0.15, 0.2) is 0 Å². The number of ether oxygens (including phenoxy) is 2. The van der Waals surface area contributed by atoms with E-state index < -0.39 is 65.2 Å². The Morgan fingerprint density at radius 1 is 0.746 bits per heavy atom. The van der Waals surface area contributed by atoms with Crippen LogP contribution in [0.1, 0.15) is 226 Å². The fourth-order valence-corrected chi connectivity index (χ4v) is 10.8. The Morgan fingerprint density at radius 2 is 1.37 bits per heavy atom. The number of amides is 2. The van der Waals surface area contributed by atoms with Crippen LogP contribution in [-0.4, -0.2) is 62.4 Å². The number of esters is 1. The van der Waals surface area contributed by atoms with Crippen molar-refractivity contribution in [3.8, 4) is 0 Å². The molecule has 0 aliphatic carbocycles. The highest BCUT2D eigenvalue weighted by Gasteiger charge is 2.43. The summed E-state index contributed by atoms with van der Waals surface area (Å²) in [5.41, 5.74) is 2.94. The Labute approximate surface area is 412 Å². The SMILES string of the molecule is CCCCCCCCCCCCOC(C)C1=C(C)c2cc3nc(c4c5[nH]c(cc6[nH]c(cc1n2)[C@@H](C)[C@@H]6CC)c(C)c5C(=O)N(Cc1cc(C(F)(F)F)cc(C(F)(F)F)c1)C4=O)[C@@H](CCC(=O)OC)[C@@H]3C. The highest BCUT2D eigenvalue weighted by atomic mass is 19.4. The van der Waals surface area contributed by atoms with E-state index in [4.69, 9.17) is 19.4 Å². The molecule has 2 aromatic heterocycles. The van der Waals surface area contributed by atoms with Crippen LogP contribution in [0.2, 0.25) is 0 Å². The molecule has 5 atom stereocenters. The van der Waals surface area contributed by atoms with Crippen LogP contribution in [-0.2, 0) is 33.2 Å². The van der Waals surface area contributed by atoms with E-state index in [1.54, 1.807) is 6.92 Å². The first-order chi connectivity index (χ1) is 33.7. The number of benzene rings is 1. The van der Waals surface area contributed by atoms with Gasteiger partial charge in [0.25, 0.3) is 11.8 Å². The number of hydrogen-bond acceptors (Lipinski definition) is 7. The molecular formula is C55H67F6N5O5. The number of aromatic amines is 2. The second-order valence-corrected chi connectivity index (χ2v) is 19.7. The summed E-state index contributed by atoms with van der Waals surface area (Å²) in [7, 11) is 1.26. The third-order valence-electron chi connectivity index (χ3n) is 14.9. The van der Waals surface area contributed by atoms with Crippen molar-refractivity contribution in [2.24, 2.45) is 0 Å². The predicted octanol–water partition coefficient (Wildman–Crippen LogP) is 14.6. The lowest BCUT2D eigenvalue weighted by atomic mass is 9.84. The first-order valence-electron chi connectivity index (χ1n) is 25.3. The van der Waals surface area contributed by atoms with Gasteiger partial charge in [-0.25, -0.2) is 4.98 Å². The number of allylic oxidation sites excluding steroid dienone is 1. The Kier molecular flexibility index (Phi) is 16.6. The van der Waals surface area contributed by atoms with E-state index in [9.17, 15) is 35.9 Å². The predicted molar refractivity (Wildman–Crippen MR) is 261 cm³/mol. The topological polar surface area (TPSA) is 130 Å². The Hall–Kier alpha value is -5.51. The van der Waals surface area contributed by atoms with Gasteiger partial charge in [-0.15, -0.1) is 0 Å². The minimum absolute atomic E-state index is 0.00489. The molecule has 16 heteroatoms. The lowest BCUT2D eigenvalue weighted by Crippen LogP contribution is -2.40. The van der Waals surface area contributed by atoms with E-state index in [1.165, 1.54) is 58.5 Å². The summed E-state index contributed by atoms with van der Waals surface area (Å²) in [6.07, 6.45) is 2.29. The maximum absolute atomic E-state index is 15.1. The number of halogens is 6. The first kappa shape index (κ1) is 53.3. The van der Waals surface area contributed by atoms with Gasteiger partial charge in [-0.1, -0.05) is 85.5 Å². The minimum Gasteiger partial charge on any atom is -0.469 e. The summed E-state index contributed by atoms with van der Waals surface area (Å²) in [5, 5.41) is 0. The van der Waals surface area contributed by atoms with Crippen molar-refractivity contribution in [1.29, 1.82) is 0 Å². The molecule has 2 amide bonds. The van der Waals surface area contributed by atoms with Gasteiger partial charge in [-0.3, -0.25) is 24.3 Å². The van der Waals surface area contributed by atoms with Crippen LogP contribution in [0.15, 0.2) is 36.4 Å². The molecule has 0 radical (unpaired) electrons. The quantitative estimate of drug-likeness (QED) is 0.0529. The number of imide groups is 1. The smallest absolute Gasteiger partial charge is 0.416 e. The van der Waals surface area contributed by atoms with E-state index >= 15 is 4.79 Å². The zero-order valence-electron chi connectivity index (χ0n) is 42.1. The number of H-pyrrole nitrogens is 2. The molecule has 6 heterocycles. The van der Waals surface area contributed by atoms with Gasteiger partial charge in [0.05, 0.1) is 64.6 Å². The van der Waals surface area contributed by atoms with Crippen molar-refractivity contribution in [2.45, 2.75) is 181 Å². The average Bonchev–Trinajstić information content (AvgIpc) is 4.00. The van der Waals surface area contributed by atoms with Crippen molar-refractivity contribution in [2.75, 3.05) is 13.7 Å². The fourth-order valence-electron chi connectivity index (χ4n) is 10.8. The molecule has 4 aliphatic rings. The Morgan fingerprint density at radius 3 is 1.97 bits per heavy atom. The highest BCUT2D eigenvalue weighted by Crippen LogP contribution is 2.46. The number of carbonyl (C=O) groups is 3. The number of hydrogen-bond donors (Lipinski definition) is 2. The summed E-state index contributed by atoms with van der Waals surface area (Å²) in [5.74, 6) is -3.44. The molecule has 3 aromatic rings. The van der Waals surface area contributed by atoms with Crippen molar-refractivity contribution < 1.29 is 50.2 Å². The Balaban J connectivity index is 1.38. The molecule has 71 heavy (non-hydrogen) atoms. The van der Waals surface area contributed by atoms with E-state index in [2.05, 4.69) is 36.8 Å². The molecule has 384 valence electrons. The lowest BCUT2D eigenvalue weighted by Gasteiger charge is -2.27. The fraction of sp³-hybridized carbons (Fsp3) is 0.545. The number of rotatable bonds is 19. The number of methoxy groups -OCH3 is 1. The first-order valence-corrected chi connectivity index (χ1v) is 25.3. The number of fused-ring (bicyclic) bond motifs is 8. The number of carbonyl (C=O) groups excluding carboxylic acids is 3. The molecule has 2 N–H and O–H groups in total. The number of nitrogens with one attached hydrogen (secondary N) is 2. The normalized spacial score (nSPS) is 19.2. The van der Waals surface area contributed by atoms with Crippen LogP contribution in [0.3, 0.4) is 0 Å². The molecule has 4 aliphatic heterocycles. The van der Waals surface area contributed by atoms with E-state index in [-0.39, 0.29) is 59.2 Å². The second kappa shape index (κ2) is 22.1. The number of aryl methyl sites for hydroxylation is 1. The summed E-state index contributed by atoms with van der Waals surface area (Å²) in [4.78, 5) is 60.6. The van der Waals surface area contributed by atoms with Crippen LogP contribution in [0.5, 0.6) is 0 Å². The van der Waals surface area contributed by atoms with E-state index in [0.29, 0.717) is 46.1 Å². The Bertz CT molecular complexity index is 2700. The molecule has 0 saturated heterocycles. The summed E-state index contributed by atoms with van der Waals surface area (Å²) in [6, 6.07) is 6.87. The minimum atomic E-state index is -5.16. The molecule has 0 saturated carbocycles. The molecule has 7 rings (SSSR count). The third kappa shape index (κ3) is 11.4. The molecule has 0 fully saturated rings. The van der Waals surface area contributed by atoms with Crippen molar-refractivity contribution in [3.63, 3.8) is 0 Å². The number of nitrogens with zero attached hydrogens (tertiary/aromatic N) is 3. The largest absolute Gasteiger partial charge is 0.469 e. The zero-order chi connectivity index (χ0) is 51.5. The van der Waals surface area contributed by atoms with Crippen LogP contribution in [0, 0.1) is 6.92 Å². The van der Waals surface area contributed by atoms with Gasteiger partial charge < -0.3 is 19.4 Å². The molecular weight excluding hydrogens is 925 g/mol. The summed E-state index contributed by atoms with van der Waals surface area (Å²) < 4.78 is 96.1. The maximum Gasteiger partial charge on any atom is 0.416 e. The molecule has 1 aromatic carbocycles.